The molecule has 3 rings (SSSR count). The molecular formula is C21H21N5O3. The number of esters is 1. The van der Waals surface area contributed by atoms with Crippen molar-refractivity contribution in [1.29, 1.82) is 0 Å². The molecular weight excluding hydrogens is 370 g/mol. The van der Waals surface area contributed by atoms with E-state index in [4.69, 9.17) is 4.74 Å². The summed E-state index contributed by atoms with van der Waals surface area (Å²) < 4.78 is 4.97. The first-order chi connectivity index (χ1) is 14.0. The van der Waals surface area contributed by atoms with Gasteiger partial charge in [-0.3, -0.25) is 9.78 Å². The smallest absolute Gasteiger partial charge is 0.338 e. The standard InChI is InChI=1S/C21H21N5O3/c1-3-29-20(28)15-7-9-16(10-8-15)25-21-24-14(2)12-18(26-21)19(27)23-13-17-6-4-5-11-22-17/h4-12H,3,13H2,1-2H3,(H,23,27)(H,24,25,26). The molecule has 0 spiro atoms. The quantitative estimate of drug-likeness (QED) is 0.596. The van der Waals surface area contributed by atoms with E-state index in [0.29, 0.717) is 30.1 Å². The number of carbonyl (C=O) groups excluding carboxylic acids is 2. The van der Waals surface area contributed by atoms with Crippen molar-refractivity contribution >= 4 is 23.5 Å². The van der Waals surface area contributed by atoms with E-state index < -0.39 is 0 Å². The molecule has 2 N–H and O–H groups in total. The molecule has 0 saturated carbocycles. The van der Waals surface area contributed by atoms with Gasteiger partial charge in [0.25, 0.3) is 5.91 Å². The number of pyridine rings is 1. The van der Waals surface area contributed by atoms with Gasteiger partial charge in [0, 0.05) is 17.6 Å². The van der Waals surface area contributed by atoms with Crippen LogP contribution in [0, 0.1) is 6.92 Å². The van der Waals surface area contributed by atoms with E-state index in [-0.39, 0.29) is 23.5 Å². The van der Waals surface area contributed by atoms with Crippen LogP contribution in [0.5, 0.6) is 0 Å². The Morgan fingerprint density at radius 3 is 2.55 bits per heavy atom. The first-order valence-electron chi connectivity index (χ1n) is 9.13. The number of amides is 1. The second-order valence-electron chi connectivity index (χ2n) is 6.14. The van der Waals surface area contributed by atoms with Gasteiger partial charge in [-0.05, 0) is 56.3 Å². The van der Waals surface area contributed by atoms with E-state index in [1.807, 2.05) is 18.2 Å². The molecule has 0 radical (unpaired) electrons. The molecule has 148 valence electrons. The molecule has 2 heterocycles. The lowest BCUT2D eigenvalue weighted by Crippen LogP contribution is -2.24. The van der Waals surface area contributed by atoms with Crippen LogP contribution < -0.4 is 10.6 Å². The minimum Gasteiger partial charge on any atom is -0.462 e. The fourth-order valence-electron chi connectivity index (χ4n) is 2.54. The molecule has 8 heteroatoms. The molecule has 0 aliphatic heterocycles. The van der Waals surface area contributed by atoms with E-state index in [1.165, 1.54) is 0 Å². The van der Waals surface area contributed by atoms with Gasteiger partial charge in [-0.2, -0.15) is 0 Å². The number of carbonyl (C=O) groups is 2. The fourth-order valence-corrected chi connectivity index (χ4v) is 2.54. The number of nitrogens with one attached hydrogen (secondary N) is 2. The Kier molecular flexibility index (Phi) is 6.47. The molecule has 2 aromatic heterocycles. The van der Waals surface area contributed by atoms with Crippen LogP contribution in [0.1, 0.15) is 39.2 Å². The summed E-state index contributed by atoms with van der Waals surface area (Å²) in [6.07, 6.45) is 1.67. The van der Waals surface area contributed by atoms with E-state index >= 15 is 0 Å². The number of anilines is 2. The molecule has 0 saturated heterocycles. The minimum atomic E-state index is -0.377. The predicted molar refractivity (Wildman–Crippen MR) is 108 cm³/mol. The lowest BCUT2D eigenvalue weighted by molar-refractivity contribution is 0.0526. The van der Waals surface area contributed by atoms with Gasteiger partial charge in [-0.15, -0.1) is 0 Å². The van der Waals surface area contributed by atoms with Crippen molar-refractivity contribution < 1.29 is 14.3 Å². The van der Waals surface area contributed by atoms with E-state index in [2.05, 4.69) is 25.6 Å². The van der Waals surface area contributed by atoms with Gasteiger partial charge in [-0.1, -0.05) is 6.07 Å². The summed E-state index contributed by atoms with van der Waals surface area (Å²) in [5.41, 5.74) is 2.79. The van der Waals surface area contributed by atoms with Crippen LogP contribution >= 0.6 is 0 Å². The highest BCUT2D eigenvalue weighted by molar-refractivity contribution is 5.92. The Balaban J connectivity index is 1.68. The number of nitrogens with zero attached hydrogens (tertiary/aromatic N) is 3. The summed E-state index contributed by atoms with van der Waals surface area (Å²) in [5, 5.41) is 5.84. The number of hydrogen-bond acceptors (Lipinski definition) is 7. The van der Waals surface area contributed by atoms with Crippen molar-refractivity contribution in [2.45, 2.75) is 20.4 Å². The monoisotopic (exact) mass is 391 g/mol. The molecule has 29 heavy (non-hydrogen) atoms. The van der Waals surface area contributed by atoms with Crippen LogP contribution in [-0.4, -0.2) is 33.4 Å². The number of benzene rings is 1. The van der Waals surface area contributed by atoms with Gasteiger partial charge in [0.2, 0.25) is 5.95 Å². The zero-order valence-electron chi connectivity index (χ0n) is 16.2. The van der Waals surface area contributed by atoms with Crippen LogP contribution in [0.15, 0.2) is 54.7 Å². The zero-order chi connectivity index (χ0) is 20.6. The number of hydrogen-bond donors (Lipinski definition) is 2. The highest BCUT2D eigenvalue weighted by Gasteiger charge is 2.12. The largest absolute Gasteiger partial charge is 0.462 e. The maximum Gasteiger partial charge on any atom is 0.338 e. The summed E-state index contributed by atoms with van der Waals surface area (Å²) in [5.74, 6) is -0.406. The third kappa shape index (κ3) is 5.58. The SMILES string of the molecule is CCOC(=O)c1ccc(Nc2nc(C)cc(C(=O)NCc3ccccn3)n2)cc1. The Labute approximate surface area is 168 Å². The third-order valence-electron chi connectivity index (χ3n) is 3.90. The lowest BCUT2D eigenvalue weighted by Gasteiger charge is -2.09. The average Bonchev–Trinajstić information content (AvgIpc) is 2.73. The lowest BCUT2D eigenvalue weighted by atomic mass is 10.2. The van der Waals surface area contributed by atoms with Crippen molar-refractivity contribution in [1.82, 2.24) is 20.3 Å². The Morgan fingerprint density at radius 1 is 1.07 bits per heavy atom. The molecule has 0 aliphatic carbocycles. The Bertz CT molecular complexity index is 991. The van der Waals surface area contributed by atoms with Gasteiger partial charge < -0.3 is 15.4 Å². The van der Waals surface area contributed by atoms with Gasteiger partial charge in [0.05, 0.1) is 24.4 Å². The summed E-state index contributed by atoms with van der Waals surface area (Å²) in [6, 6.07) is 13.9. The number of ether oxygens (including phenoxy) is 1. The summed E-state index contributed by atoms with van der Waals surface area (Å²) in [7, 11) is 0. The maximum absolute atomic E-state index is 12.4. The van der Waals surface area contributed by atoms with E-state index in [1.54, 1.807) is 50.4 Å². The van der Waals surface area contributed by atoms with Crippen LogP contribution in [0.3, 0.4) is 0 Å². The first-order valence-corrected chi connectivity index (χ1v) is 9.13. The molecule has 0 aliphatic rings. The van der Waals surface area contributed by atoms with Gasteiger partial charge in [0.1, 0.15) is 5.69 Å². The molecule has 8 nitrogen and oxygen atoms in total. The second kappa shape index (κ2) is 9.41. The second-order valence-corrected chi connectivity index (χ2v) is 6.14. The molecule has 0 fully saturated rings. The Hall–Kier alpha value is -3.81. The van der Waals surface area contributed by atoms with Crippen molar-refractivity contribution in [3.05, 3.63) is 77.4 Å². The Morgan fingerprint density at radius 2 is 1.86 bits per heavy atom. The molecule has 0 bridgehead atoms. The number of aryl methyl sites for hydroxylation is 1. The van der Waals surface area contributed by atoms with Crippen LogP contribution in [0.25, 0.3) is 0 Å². The van der Waals surface area contributed by atoms with Crippen LogP contribution in [-0.2, 0) is 11.3 Å². The van der Waals surface area contributed by atoms with Crippen molar-refractivity contribution in [2.75, 3.05) is 11.9 Å². The van der Waals surface area contributed by atoms with Crippen LogP contribution in [0.2, 0.25) is 0 Å². The normalized spacial score (nSPS) is 10.3. The van der Waals surface area contributed by atoms with E-state index in [9.17, 15) is 9.59 Å². The number of rotatable bonds is 7. The van der Waals surface area contributed by atoms with Crippen LogP contribution in [0.4, 0.5) is 11.6 Å². The van der Waals surface area contributed by atoms with Crippen molar-refractivity contribution in [3.63, 3.8) is 0 Å². The maximum atomic E-state index is 12.4. The highest BCUT2D eigenvalue weighted by Crippen LogP contribution is 2.16. The third-order valence-corrected chi connectivity index (χ3v) is 3.90. The van der Waals surface area contributed by atoms with Crippen molar-refractivity contribution in [3.8, 4) is 0 Å². The molecule has 1 amide bonds. The first kappa shape index (κ1) is 19.9. The molecule has 1 aromatic carbocycles. The predicted octanol–water partition coefficient (Wildman–Crippen LogP) is 3.03. The molecule has 0 atom stereocenters. The van der Waals surface area contributed by atoms with E-state index in [0.717, 1.165) is 5.69 Å². The van der Waals surface area contributed by atoms with Gasteiger partial charge in [-0.25, -0.2) is 14.8 Å². The topological polar surface area (TPSA) is 106 Å². The fraction of sp³-hybridized carbons (Fsp3) is 0.190. The summed E-state index contributed by atoms with van der Waals surface area (Å²) in [4.78, 5) is 36.9. The number of aromatic nitrogens is 3. The minimum absolute atomic E-state index is 0.249. The van der Waals surface area contributed by atoms with Crippen molar-refractivity contribution in [2.24, 2.45) is 0 Å². The summed E-state index contributed by atoms with van der Waals surface area (Å²) >= 11 is 0. The summed E-state index contributed by atoms with van der Waals surface area (Å²) in [6.45, 7) is 4.17. The zero-order valence-corrected chi connectivity index (χ0v) is 16.2. The van der Waals surface area contributed by atoms with Gasteiger partial charge in [0.15, 0.2) is 0 Å². The average molecular weight is 391 g/mol. The molecule has 3 aromatic rings. The highest BCUT2D eigenvalue weighted by atomic mass is 16.5. The van der Waals surface area contributed by atoms with Gasteiger partial charge >= 0.3 is 5.97 Å². The molecule has 0 unspecified atom stereocenters.